The van der Waals surface area contributed by atoms with Gasteiger partial charge in [0.1, 0.15) is 12.1 Å². The first-order valence-electron chi connectivity index (χ1n) is 8.76. The summed E-state index contributed by atoms with van der Waals surface area (Å²) in [5.74, 6) is 0.287. The van der Waals surface area contributed by atoms with Gasteiger partial charge in [-0.3, -0.25) is 4.72 Å². The van der Waals surface area contributed by atoms with Gasteiger partial charge in [-0.25, -0.2) is 31.9 Å². The second kappa shape index (κ2) is 9.44. The zero-order chi connectivity index (χ0) is 23.4. The molecule has 0 amide bonds. The summed E-state index contributed by atoms with van der Waals surface area (Å²) >= 11 is 5.22. The van der Waals surface area contributed by atoms with Crippen molar-refractivity contribution in [3.05, 3.63) is 60.9 Å². The largest absolute Gasteiger partial charge is 0.481 e. The van der Waals surface area contributed by atoms with Crippen LogP contribution >= 0.6 is 12.2 Å². The summed E-state index contributed by atoms with van der Waals surface area (Å²) in [6.45, 7) is 0. The lowest BCUT2D eigenvalue weighted by Crippen LogP contribution is -2.19. The number of aromatic nitrogens is 2. The number of sulfonamides is 2. The van der Waals surface area contributed by atoms with Gasteiger partial charge in [-0.2, -0.15) is 0 Å². The lowest BCUT2D eigenvalue weighted by molar-refractivity contribution is 0.397. The van der Waals surface area contributed by atoms with Crippen LogP contribution in [0, 0.1) is 0 Å². The van der Waals surface area contributed by atoms with Crippen molar-refractivity contribution in [1.29, 1.82) is 0 Å². The number of benzene rings is 2. The van der Waals surface area contributed by atoms with Crippen LogP contribution in [-0.4, -0.2) is 39.0 Å². The van der Waals surface area contributed by atoms with Gasteiger partial charge in [0, 0.05) is 17.4 Å². The number of hydrogen-bond acceptors (Lipinski definition) is 8. The van der Waals surface area contributed by atoms with E-state index < -0.39 is 20.0 Å². The van der Waals surface area contributed by atoms with Gasteiger partial charge in [-0.15, -0.1) is 0 Å². The van der Waals surface area contributed by atoms with E-state index in [1.54, 1.807) is 0 Å². The van der Waals surface area contributed by atoms with Gasteiger partial charge in [-0.05, 0) is 60.7 Å². The van der Waals surface area contributed by atoms with Crippen molar-refractivity contribution in [2.75, 3.05) is 22.5 Å². The van der Waals surface area contributed by atoms with Crippen LogP contribution in [0.15, 0.2) is 70.7 Å². The number of anilines is 3. The maximum atomic E-state index is 12.6. The van der Waals surface area contributed by atoms with Gasteiger partial charge in [0.2, 0.25) is 15.9 Å². The van der Waals surface area contributed by atoms with Gasteiger partial charge in [0.15, 0.2) is 5.11 Å². The first-order valence-corrected chi connectivity index (χ1v) is 12.2. The lowest BCUT2D eigenvalue weighted by Gasteiger charge is -2.12. The van der Waals surface area contributed by atoms with E-state index in [4.69, 9.17) is 22.1 Å². The fraction of sp³-hybridized carbons (Fsp3) is 0.0556. The van der Waals surface area contributed by atoms with Gasteiger partial charge >= 0.3 is 0 Å². The van der Waals surface area contributed by atoms with Crippen LogP contribution in [0.1, 0.15) is 0 Å². The number of ether oxygens (including phenoxy) is 1. The minimum absolute atomic E-state index is 0.0121. The first kappa shape index (κ1) is 23.3. The van der Waals surface area contributed by atoms with Crippen molar-refractivity contribution >= 4 is 54.6 Å². The van der Waals surface area contributed by atoms with Gasteiger partial charge in [0.05, 0.1) is 16.9 Å². The highest BCUT2D eigenvalue weighted by Gasteiger charge is 2.15. The number of primary sulfonamides is 1. The highest BCUT2D eigenvalue weighted by Crippen LogP contribution is 2.19. The minimum Gasteiger partial charge on any atom is -0.481 e. The molecule has 0 aliphatic heterocycles. The van der Waals surface area contributed by atoms with Crippen LogP contribution in [-0.2, 0) is 20.0 Å². The molecule has 5 N–H and O–H groups in total. The summed E-state index contributed by atoms with van der Waals surface area (Å²) < 4.78 is 55.0. The molecular weight excluding hydrogens is 476 g/mol. The summed E-state index contributed by atoms with van der Waals surface area (Å²) in [6, 6.07) is 12.9. The molecule has 1 heterocycles. The Hall–Kier alpha value is -3.33. The Morgan fingerprint density at radius 3 is 1.94 bits per heavy atom. The molecule has 0 bridgehead atoms. The Morgan fingerprint density at radius 2 is 1.44 bits per heavy atom. The Balaban J connectivity index is 1.64. The predicted molar refractivity (Wildman–Crippen MR) is 123 cm³/mol. The third-order valence-electron chi connectivity index (χ3n) is 3.95. The predicted octanol–water partition coefficient (Wildman–Crippen LogP) is 1.74. The Kier molecular flexibility index (Phi) is 6.88. The van der Waals surface area contributed by atoms with E-state index in [0.29, 0.717) is 11.4 Å². The molecule has 32 heavy (non-hydrogen) atoms. The van der Waals surface area contributed by atoms with E-state index >= 15 is 0 Å². The molecule has 0 saturated heterocycles. The minimum atomic E-state index is -3.88. The number of hydrogen-bond donors (Lipinski definition) is 4. The molecule has 3 rings (SSSR count). The quantitative estimate of drug-likeness (QED) is 0.355. The summed E-state index contributed by atoms with van der Waals surface area (Å²) in [7, 11) is -6.25. The van der Waals surface area contributed by atoms with Crippen LogP contribution < -0.4 is 25.2 Å². The summed E-state index contributed by atoms with van der Waals surface area (Å²) in [4.78, 5) is 7.66. The zero-order valence-corrected chi connectivity index (χ0v) is 19.0. The van der Waals surface area contributed by atoms with Gasteiger partial charge < -0.3 is 15.4 Å². The molecule has 0 aliphatic rings. The molecule has 168 valence electrons. The average Bonchev–Trinajstić information content (AvgIpc) is 2.73. The van der Waals surface area contributed by atoms with E-state index in [-0.39, 0.29) is 26.6 Å². The fourth-order valence-corrected chi connectivity index (χ4v) is 4.19. The number of nitrogens with zero attached hydrogens (tertiary/aromatic N) is 2. The average molecular weight is 495 g/mol. The summed E-state index contributed by atoms with van der Waals surface area (Å²) in [5.41, 5.74) is 1.07. The maximum absolute atomic E-state index is 12.6. The molecule has 1 aromatic heterocycles. The molecule has 3 aromatic rings. The van der Waals surface area contributed by atoms with Crippen molar-refractivity contribution < 1.29 is 21.6 Å². The smallest absolute Gasteiger partial charge is 0.263 e. The molecule has 11 nitrogen and oxygen atoms in total. The molecule has 0 unspecified atom stereocenters. The number of nitrogens with one attached hydrogen (secondary N) is 3. The highest BCUT2D eigenvalue weighted by atomic mass is 32.2. The number of thiocarbonyl (C=S) groups is 1. The van der Waals surface area contributed by atoms with Crippen molar-refractivity contribution in [3.63, 3.8) is 0 Å². The Labute approximate surface area is 190 Å². The Morgan fingerprint density at radius 1 is 0.906 bits per heavy atom. The topological polar surface area (TPSA) is 165 Å². The third-order valence-corrected chi connectivity index (χ3v) is 6.46. The number of rotatable bonds is 7. The third kappa shape index (κ3) is 6.10. The molecule has 14 heteroatoms. The molecule has 0 saturated carbocycles. The molecule has 0 fully saturated rings. The zero-order valence-electron chi connectivity index (χ0n) is 16.5. The summed E-state index contributed by atoms with van der Waals surface area (Å²) in [6.07, 6.45) is 1.18. The number of nitrogens with two attached hydrogens (primary N) is 1. The van der Waals surface area contributed by atoms with Crippen molar-refractivity contribution in [2.24, 2.45) is 5.14 Å². The molecule has 0 atom stereocenters. The second-order valence-corrected chi connectivity index (χ2v) is 9.88. The number of methoxy groups -OCH3 is 1. The van der Waals surface area contributed by atoms with Crippen molar-refractivity contribution in [3.8, 4) is 5.88 Å². The monoisotopic (exact) mass is 494 g/mol. The SMILES string of the molecule is COc1cc(NS(=O)(=O)c2ccc(NC(=S)Nc3ccc(S(N)(=O)=O)cc3)cc2)ncn1. The van der Waals surface area contributed by atoms with Gasteiger partial charge in [0.25, 0.3) is 10.0 Å². The van der Waals surface area contributed by atoms with E-state index in [9.17, 15) is 16.8 Å². The molecular formula is C18H18N6O5S3. The normalized spacial score (nSPS) is 11.4. The van der Waals surface area contributed by atoms with Crippen LogP contribution in [0.3, 0.4) is 0 Å². The standard InChI is InChI=1S/C18H18N6O5S3/c1-29-17-10-16(20-11-21-17)24-32(27,28)15-8-4-13(5-9-15)23-18(30)22-12-2-6-14(7-3-12)31(19,25)26/h2-11H,1H3,(H2,19,25,26)(H,20,21,24)(H2,22,23,30). The van der Waals surface area contributed by atoms with Crippen LogP contribution in [0.5, 0.6) is 5.88 Å². The van der Waals surface area contributed by atoms with E-state index in [1.807, 2.05) is 0 Å². The van der Waals surface area contributed by atoms with Crippen molar-refractivity contribution in [1.82, 2.24) is 9.97 Å². The molecule has 0 spiro atoms. The first-order chi connectivity index (χ1) is 15.1. The van der Waals surface area contributed by atoms with Crippen molar-refractivity contribution in [2.45, 2.75) is 9.79 Å². The maximum Gasteiger partial charge on any atom is 0.263 e. The van der Waals surface area contributed by atoms with E-state index in [2.05, 4.69) is 25.3 Å². The Bertz CT molecular complexity index is 1330. The molecule has 2 aromatic carbocycles. The fourth-order valence-electron chi connectivity index (χ4n) is 2.44. The van der Waals surface area contributed by atoms with Gasteiger partial charge in [-0.1, -0.05) is 0 Å². The lowest BCUT2D eigenvalue weighted by atomic mass is 10.3. The van der Waals surface area contributed by atoms with Crippen LogP contribution in [0.4, 0.5) is 17.2 Å². The van der Waals surface area contributed by atoms with E-state index in [0.717, 1.165) is 0 Å². The van der Waals surface area contributed by atoms with E-state index in [1.165, 1.54) is 68.0 Å². The highest BCUT2D eigenvalue weighted by molar-refractivity contribution is 7.92. The molecule has 0 radical (unpaired) electrons. The molecule has 0 aliphatic carbocycles. The van der Waals surface area contributed by atoms with Crippen LogP contribution in [0.2, 0.25) is 0 Å². The van der Waals surface area contributed by atoms with Crippen LogP contribution in [0.25, 0.3) is 0 Å². The second-order valence-electron chi connectivity index (χ2n) is 6.22. The summed E-state index contributed by atoms with van der Waals surface area (Å²) in [5, 5.41) is 11.1.